The Morgan fingerprint density at radius 2 is 1.52 bits per heavy atom. The van der Waals surface area contributed by atoms with Gasteiger partial charge in [-0.3, -0.25) is 0 Å². The standard InChI is InChI=1S/C14H9F5N2O2/c15-8-4-9(16)6-11(5-8)21-13(22)20-10-2-1-3-12(7-10)23-14(17,18)19/h1-7H,(H2,20,21,22). The van der Waals surface area contributed by atoms with Gasteiger partial charge in [-0.2, -0.15) is 0 Å². The van der Waals surface area contributed by atoms with E-state index in [1.165, 1.54) is 12.1 Å². The molecule has 0 heterocycles. The first-order valence-corrected chi connectivity index (χ1v) is 6.11. The molecule has 0 aliphatic carbocycles. The monoisotopic (exact) mass is 332 g/mol. The van der Waals surface area contributed by atoms with Crippen molar-refractivity contribution in [2.75, 3.05) is 10.6 Å². The van der Waals surface area contributed by atoms with Crippen molar-refractivity contribution >= 4 is 17.4 Å². The van der Waals surface area contributed by atoms with Crippen LogP contribution in [0.1, 0.15) is 0 Å². The van der Waals surface area contributed by atoms with E-state index in [9.17, 15) is 26.7 Å². The fraction of sp³-hybridized carbons (Fsp3) is 0.0714. The van der Waals surface area contributed by atoms with Crippen molar-refractivity contribution in [1.29, 1.82) is 0 Å². The van der Waals surface area contributed by atoms with Crippen molar-refractivity contribution in [2.45, 2.75) is 6.36 Å². The largest absolute Gasteiger partial charge is 0.573 e. The van der Waals surface area contributed by atoms with Crippen LogP contribution in [0.4, 0.5) is 38.1 Å². The van der Waals surface area contributed by atoms with Gasteiger partial charge in [0.15, 0.2) is 0 Å². The van der Waals surface area contributed by atoms with Crippen LogP contribution >= 0.6 is 0 Å². The van der Waals surface area contributed by atoms with Gasteiger partial charge in [0.25, 0.3) is 0 Å². The van der Waals surface area contributed by atoms with E-state index in [1.807, 2.05) is 0 Å². The normalized spacial score (nSPS) is 11.0. The summed E-state index contributed by atoms with van der Waals surface area (Å²) < 4.78 is 66.0. The van der Waals surface area contributed by atoms with Crippen LogP contribution in [0.2, 0.25) is 0 Å². The summed E-state index contributed by atoms with van der Waals surface area (Å²) in [6.45, 7) is 0. The highest BCUT2D eigenvalue weighted by Gasteiger charge is 2.31. The summed E-state index contributed by atoms with van der Waals surface area (Å²) in [5.41, 5.74) is -0.149. The van der Waals surface area contributed by atoms with E-state index in [4.69, 9.17) is 0 Å². The molecule has 23 heavy (non-hydrogen) atoms. The van der Waals surface area contributed by atoms with Crippen molar-refractivity contribution in [3.63, 3.8) is 0 Å². The molecule has 2 N–H and O–H groups in total. The molecule has 2 amide bonds. The molecule has 2 rings (SSSR count). The van der Waals surface area contributed by atoms with Gasteiger partial charge in [-0.1, -0.05) is 6.07 Å². The fourth-order valence-electron chi connectivity index (χ4n) is 1.69. The minimum absolute atomic E-state index is 0.00104. The fourth-order valence-corrected chi connectivity index (χ4v) is 1.69. The van der Waals surface area contributed by atoms with Gasteiger partial charge in [0.05, 0.1) is 0 Å². The number of ether oxygens (including phenoxy) is 1. The van der Waals surface area contributed by atoms with Crippen molar-refractivity contribution in [1.82, 2.24) is 0 Å². The molecule has 0 unspecified atom stereocenters. The molecular weight excluding hydrogens is 323 g/mol. The first kappa shape index (κ1) is 16.5. The van der Waals surface area contributed by atoms with Gasteiger partial charge in [0, 0.05) is 23.5 Å². The van der Waals surface area contributed by atoms with Crippen molar-refractivity contribution < 1.29 is 31.5 Å². The molecule has 0 aromatic heterocycles. The second kappa shape index (κ2) is 6.51. The number of halogens is 5. The first-order chi connectivity index (χ1) is 10.7. The molecule has 2 aromatic rings. The maximum Gasteiger partial charge on any atom is 0.573 e. The Morgan fingerprint density at radius 1 is 0.913 bits per heavy atom. The number of amides is 2. The maximum absolute atomic E-state index is 13.0. The number of nitrogens with one attached hydrogen (secondary N) is 2. The van der Waals surface area contributed by atoms with E-state index in [2.05, 4.69) is 15.4 Å². The van der Waals surface area contributed by atoms with Crippen molar-refractivity contribution in [3.05, 3.63) is 54.1 Å². The molecule has 9 heteroatoms. The zero-order valence-corrected chi connectivity index (χ0v) is 11.2. The zero-order chi connectivity index (χ0) is 17.0. The molecule has 0 saturated heterocycles. The smallest absolute Gasteiger partial charge is 0.406 e. The summed E-state index contributed by atoms with van der Waals surface area (Å²) in [6, 6.07) is 6.04. The number of carbonyl (C=O) groups excluding carboxylic acids is 1. The Labute approximate surface area is 126 Å². The lowest BCUT2D eigenvalue weighted by Gasteiger charge is -2.11. The Morgan fingerprint density at radius 3 is 2.13 bits per heavy atom. The van der Waals surface area contributed by atoms with E-state index in [-0.39, 0.29) is 11.4 Å². The number of alkyl halides is 3. The van der Waals surface area contributed by atoms with Gasteiger partial charge in [0.2, 0.25) is 0 Å². The van der Waals surface area contributed by atoms with E-state index >= 15 is 0 Å². The van der Waals surface area contributed by atoms with Crippen LogP contribution in [-0.4, -0.2) is 12.4 Å². The summed E-state index contributed by atoms with van der Waals surface area (Å²) in [5, 5.41) is 4.36. The van der Waals surface area contributed by atoms with Gasteiger partial charge in [-0.15, -0.1) is 13.2 Å². The number of anilines is 2. The van der Waals surface area contributed by atoms with Gasteiger partial charge in [-0.05, 0) is 24.3 Å². The number of benzene rings is 2. The predicted molar refractivity (Wildman–Crippen MR) is 72.1 cm³/mol. The summed E-state index contributed by atoms with van der Waals surface area (Å²) in [5.74, 6) is -2.30. The molecule has 0 aliphatic heterocycles. The first-order valence-electron chi connectivity index (χ1n) is 6.11. The molecule has 0 bridgehead atoms. The third kappa shape index (κ3) is 5.46. The van der Waals surface area contributed by atoms with Crippen LogP contribution in [0, 0.1) is 11.6 Å². The molecule has 0 aliphatic rings. The van der Waals surface area contributed by atoms with Crippen molar-refractivity contribution in [2.24, 2.45) is 0 Å². The van der Waals surface area contributed by atoms with Gasteiger partial charge < -0.3 is 15.4 Å². The summed E-state index contributed by atoms with van der Waals surface area (Å²) in [4.78, 5) is 11.7. The molecule has 2 aromatic carbocycles. The number of urea groups is 1. The zero-order valence-electron chi connectivity index (χ0n) is 11.2. The second-order valence-corrected chi connectivity index (χ2v) is 4.31. The minimum Gasteiger partial charge on any atom is -0.406 e. The SMILES string of the molecule is O=C(Nc1cc(F)cc(F)c1)Nc1cccc(OC(F)(F)F)c1. The van der Waals surface area contributed by atoms with Crippen LogP contribution in [0.15, 0.2) is 42.5 Å². The molecule has 0 saturated carbocycles. The number of carbonyl (C=O) groups is 1. The van der Waals surface area contributed by atoms with Gasteiger partial charge in [0.1, 0.15) is 17.4 Å². The summed E-state index contributed by atoms with van der Waals surface area (Å²) in [6.07, 6.45) is -4.86. The molecule has 4 nitrogen and oxygen atoms in total. The van der Waals surface area contributed by atoms with E-state index in [0.29, 0.717) is 6.07 Å². The lowest BCUT2D eigenvalue weighted by atomic mass is 10.3. The summed E-state index contributed by atoms with van der Waals surface area (Å²) >= 11 is 0. The van der Waals surface area contributed by atoms with Gasteiger partial charge in [-0.25, -0.2) is 13.6 Å². The number of hydrogen-bond acceptors (Lipinski definition) is 2. The second-order valence-electron chi connectivity index (χ2n) is 4.31. The van der Waals surface area contributed by atoms with Crippen LogP contribution in [-0.2, 0) is 0 Å². The van der Waals surface area contributed by atoms with E-state index in [1.54, 1.807) is 0 Å². The predicted octanol–water partition coefficient (Wildman–Crippen LogP) is 4.51. The lowest BCUT2D eigenvalue weighted by Crippen LogP contribution is -2.20. The minimum atomic E-state index is -4.86. The van der Waals surface area contributed by atoms with E-state index in [0.717, 1.165) is 24.3 Å². The maximum atomic E-state index is 13.0. The number of hydrogen-bond donors (Lipinski definition) is 2. The average Bonchev–Trinajstić information content (AvgIpc) is 2.35. The summed E-state index contributed by atoms with van der Waals surface area (Å²) in [7, 11) is 0. The molecule has 0 radical (unpaired) electrons. The van der Waals surface area contributed by atoms with E-state index < -0.39 is 29.8 Å². The third-order valence-corrected chi connectivity index (χ3v) is 2.45. The third-order valence-electron chi connectivity index (χ3n) is 2.45. The molecular formula is C14H9F5N2O2. The van der Waals surface area contributed by atoms with Crippen LogP contribution in [0.25, 0.3) is 0 Å². The Kier molecular flexibility index (Phi) is 4.68. The van der Waals surface area contributed by atoms with Crippen LogP contribution in [0.3, 0.4) is 0 Å². The molecule has 122 valence electrons. The van der Waals surface area contributed by atoms with Crippen molar-refractivity contribution in [3.8, 4) is 5.75 Å². The molecule has 0 fully saturated rings. The van der Waals surface area contributed by atoms with Gasteiger partial charge >= 0.3 is 12.4 Å². The highest BCUT2D eigenvalue weighted by atomic mass is 19.4. The van der Waals surface area contributed by atoms with Crippen LogP contribution in [0.5, 0.6) is 5.75 Å². The number of rotatable bonds is 3. The highest BCUT2D eigenvalue weighted by molar-refractivity contribution is 5.99. The Balaban J connectivity index is 2.04. The molecule has 0 atom stereocenters. The van der Waals surface area contributed by atoms with Crippen LogP contribution < -0.4 is 15.4 Å². The topological polar surface area (TPSA) is 50.4 Å². The highest BCUT2D eigenvalue weighted by Crippen LogP contribution is 2.25. The lowest BCUT2D eigenvalue weighted by molar-refractivity contribution is -0.274. The quantitative estimate of drug-likeness (QED) is 0.813. The Bertz CT molecular complexity index is 698. The molecule has 0 spiro atoms. The average molecular weight is 332 g/mol. The Hall–Kier alpha value is -2.84.